The highest BCUT2D eigenvalue weighted by molar-refractivity contribution is 5.85. The molecule has 6 nitrogen and oxygen atoms in total. The summed E-state index contributed by atoms with van der Waals surface area (Å²) in [4.78, 5) is 17.7. The lowest BCUT2D eigenvalue weighted by Gasteiger charge is -2.10. The average Bonchev–Trinajstić information content (AvgIpc) is 3.20. The zero-order valence-electron chi connectivity index (χ0n) is 15.0. The van der Waals surface area contributed by atoms with Gasteiger partial charge in [-0.15, -0.1) is 0 Å². The number of para-hydroxylation sites is 1. The van der Waals surface area contributed by atoms with Gasteiger partial charge in [-0.1, -0.05) is 30.3 Å². The lowest BCUT2D eigenvalue weighted by Crippen LogP contribution is -2.33. The molecule has 1 atom stereocenters. The van der Waals surface area contributed by atoms with Crippen LogP contribution in [0.2, 0.25) is 0 Å². The smallest absolute Gasteiger partial charge is 0.224 e. The highest BCUT2D eigenvalue weighted by atomic mass is 16.6. The van der Waals surface area contributed by atoms with E-state index >= 15 is 0 Å². The van der Waals surface area contributed by atoms with Crippen LogP contribution >= 0.6 is 0 Å². The summed E-state index contributed by atoms with van der Waals surface area (Å²) in [7, 11) is 0. The minimum absolute atomic E-state index is 0.0210. The fourth-order valence-electron chi connectivity index (χ4n) is 3.01. The molecule has 0 fully saturated rings. The predicted octanol–water partition coefficient (Wildman–Crippen LogP) is 2.70. The van der Waals surface area contributed by atoms with Gasteiger partial charge in [-0.3, -0.25) is 4.79 Å². The maximum atomic E-state index is 12.3. The summed E-state index contributed by atoms with van der Waals surface area (Å²) >= 11 is 0. The van der Waals surface area contributed by atoms with Gasteiger partial charge in [-0.2, -0.15) is 5.10 Å². The Balaban J connectivity index is 1.61. The molecular weight excluding hydrogens is 316 g/mol. The SMILES string of the molecule is CCC1=NO[C@@H](CNC(=O)Cc2c(C)nn(-c3ccccc3)c2C)C1. The molecule has 2 aromatic rings. The highest BCUT2D eigenvalue weighted by Gasteiger charge is 2.21. The van der Waals surface area contributed by atoms with Gasteiger partial charge in [0.05, 0.1) is 30.1 Å². The number of hydrogen-bond acceptors (Lipinski definition) is 4. The Labute approximate surface area is 147 Å². The van der Waals surface area contributed by atoms with Crippen molar-refractivity contribution in [2.24, 2.45) is 5.16 Å². The second kappa shape index (κ2) is 7.51. The lowest BCUT2D eigenvalue weighted by molar-refractivity contribution is -0.121. The number of aromatic nitrogens is 2. The van der Waals surface area contributed by atoms with Crippen LogP contribution < -0.4 is 5.32 Å². The molecule has 1 aromatic carbocycles. The van der Waals surface area contributed by atoms with E-state index in [9.17, 15) is 4.79 Å². The van der Waals surface area contributed by atoms with E-state index < -0.39 is 0 Å². The summed E-state index contributed by atoms with van der Waals surface area (Å²) in [5.41, 5.74) is 4.89. The Bertz CT molecular complexity index is 780. The molecule has 6 heteroatoms. The Morgan fingerprint density at radius 2 is 2.08 bits per heavy atom. The van der Waals surface area contributed by atoms with Gasteiger partial charge >= 0.3 is 0 Å². The summed E-state index contributed by atoms with van der Waals surface area (Å²) in [6.07, 6.45) is 1.95. The number of benzene rings is 1. The molecule has 1 aliphatic rings. The summed E-state index contributed by atoms with van der Waals surface area (Å²) in [5, 5.41) is 11.5. The number of amides is 1. The van der Waals surface area contributed by atoms with Gasteiger partial charge in [0.2, 0.25) is 5.91 Å². The van der Waals surface area contributed by atoms with Crippen molar-refractivity contribution in [3.63, 3.8) is 0 Å². The van der Waals surface area contributed by atoms with Crippen molar-refractivity contribution in [1.29, 1.82) is 0 Å². The van der Waals surface area contributed by atoms with Crippen LogP contribution in [-0.4, -0.2) is 34.0 Å². The van der Waals surface area contributed by atoms with Crippen molar-refractivity contribution in [2.75, 3.05) is 6.54 Å². The maximum absolute atomic E-state index is 12.3. The Kier molecular flexibility index (Phi) is 5.16. The number of nitrogens with zero attached hydrogens (tertiary/aromatic N) is 3. The summed E-state index contributed by atoms with van der Waals surface area (Å²) < 4.78 is 1.89. The van der Waals surface area contributed by atoms with E-state index in [-0.39, 0.29) is 12.0 Å². The van der Waals surface area contributed by atoms with Crippen LogP contribution in [0.1, 0.15) is 36.7 Å². The topological polar surface area (TPSA) is 68.5 Å². The Morgan fingerprint density at radius 3 is 2.76 bits per heavy atom. The van der Waals surface area contributed by atoms with E-state index in [1.54, 1.807) is 0 Å². The monoisotopic (exact) mass is 340 g/mol. The molecule has 25 heavy (non-hydrogen) atoms. The van der Waals surface area contributed by atoms with Gasteiger partial charge in [0.25, 0.3) is 0 Å². The first-order chi connectivity index (χ1) is 12.1. The summed E-state index contributed by atoms with van der Waals surface area (Å²) in [6.45, 7) is 6.48. The maximum Gasteiger partial charge on any atom is 0.224 e. The quantitative estimate of drug-likeness (QED) is 0.879. The second-order valence-corrected chi connectivity index (χ2v) is 6.32. The van der Waals surface area contributed by atoms with Crippen LogP contribution in [0.3, 0.4) is 0 Å². The van der Waals surface area contributed by atoms with E-state index in [1.165, 1.54) is 0 Å². The van der Waals surface area contributed by atoms with Crippen LogP contribution in [0.25, 0.3) is 5.69 Å². The average molecular weight is 340 g/mol. The van der Waals surface area contributed by atoms with Gasteiger partial charge in [0.1, 0.15) is 6.10 Å². The van der Waals surface area contributed by atoms with Gasteiger partial charge in [0, 0.05) is 17.7 Å². The van der Waals surface area contributed by atoms with Crippen molar-refractivity contribution in [1.82, 2.24) is 15.1 Å². The third-order valence-corrected chi connectivity index (χ3v) is 4.51. The van der Waals surface area contributed by atoms with E-state index in [1.807, 2.05) is 48.9 Å². The molecule has 0 radical (unpaired) electrons. The number of hydrogen-bond donors (Lipinski definition) is 1. The number of nitrogens with one attached hydrogen (secondary N) is 1. The zero-order valence-corrected chi connectivity index (χ0v) is 15.0. The van der Waals surface area contributed by atoms with Crippen LogP contribution in [0.4, 0.5) is 0 Å². The molecule has 0 aliphatic carbocycles. The van der Waals surface area contributed by atoms with Gasteiger partial charge in [0.15, 0.2) is 0 Å². The number of carbonyl (C=O) groups excluding carboxylic acids is 1. The van der Waals surface area contributed by atoms with Crippen molar-refractivity contribution in [3.05, 3.63) is 47.3 Å². The number of aryl methyl sites for hydroxylation is 1. The van der Waals surface area contributed by atoms with Crippen molar-refractivity contribution in [3.8, 4) is 5.69 Å². The lowest BCUT2D eigenvalue weighted by atomic mass is 10.1. The fourth-order valence-corrected chi connectivity index (χ4v) is 3.01. The van der Waals surface area contributed by atoms with Gasteiger partial charge in [-0.25, -0.2) is 4.68 Å². The molecule has 1 amide bonds. The first kappa shape index (κ1) is 17.2. The molecule has 2 heterocycles. The normalized spacial score (nSPS) is 16.4. The molecule has 132 valence electrons. The minimum atomic E-state index is -0.0480. The van der Waals surface area contributed by atoms with Gasteiger partial charge < -0.3 is 10.2 Å². The van der Waals surface area contributed by atoms with E-state index in [4.69, 9.17) is 4.84 Å². The zero-order chi connectivity index (χ0) is 17.8. The molecule has 0 spiro atoms. The largest absolute Gasteiger partial charge is 0.390 e. The van der Waals surface area contributed by atoms with E-state index in [0.717, 1.165) is 41.2 Å². The van der Waals surface area contributed by atoms with Crippen LogP contribution in [0, 0.1) is 13.8 Å². The summed E-state index contributed by atoms with van der Waals surface area (Å²) in [5.74, 6) is -0.0210. The van der Waals surface area contributed by atoms with Crippen molar-refractivity contribution >= 4 is 11.6 Å². The number of carbonyl (C=O) groups is 1. The summed E-state index contributed by atoms with van der Waals surface area (Å²) in [6, 6.07) is 9.94. The first-order valence-corrected chi connectivity index (χ1v) is 8.67. The molecule has 1 aliphatic heterocycles. The molecule has 0 unspecified atom stereocenters. The van der Waals surface area contributed by atoms with Crippen LogP contribution in [0.5, 0.6) is 0 Å². The third-order valence-electron chi connectivity index (χ3n) is 4.51. The molecule has 0 saturated heterocycles. The molecule has 3 rings (SSSR count). The van der Waals surface area contributed by atoms with Crippen LogP contribution in [-0.2, 0) is 16.1 Å². The minimum Gasteiger partial charge on any atom is -0.390 e. The van der Waals surface area contributed by atoms with Crippen molar-refractivity contribution < 1.29 is 9.63 Å². The fraction of sp³-hybridized carbons (Fsp3) is 0.421. The van der Waals surface area contributed by atoms with Crippen LogP contribution in [0.15, 0.2) is 35.5 Å². The Morgan fingerprint density at radius 1 is 1.32 bits per heavy atom. The number of oxime groups is 1. The second-order valence-electron chi connectivity index (χ2n) is 6.32. The third kappa shape index (κ3) is 3.90. The first-order valence-electron chi connectivity index (χ1n) is 8.67. The highest BCUT2D eigenvalue weighted by Crippen LogP contribution is 2.18. The van der Waals surface area contributed by atoms with E-state index in [2.05, 4.69) is 22.5 Å². The molecule has 0 bridgehead atoms. The van der Waals surface area contributed by atoms with E-state index in [0.29, 0.717) is 13.0 Å². The van der Waals surface area contributed by atoms with Crippen molar-refractivity contribution in [2.45, 2.75) is 46.1 Å². The standard InChI is InChI=1S/C19H24N4O2/c1-4-15-10-17(25-22-15)12-20-19(24)11-18-13(2)21-23(14(18)3)16-8-6-5-7-9-16/h5-9,17H,4,10-12H2,1-3H3,(H,20,24)/t17-/m1/s1. The Hall–Kier alpha value is -2.63. The molecule has 0 saturated carbocycles. The number of rotatable bonds is 6. The molecule has 1 N–H and O–H groups in total. The predicted molar refractivity (Wildman–Crippen MR) is 97.0 cm³/mol. The van der Waals surface area contributed by atoms with Gasteiger partial charge in [-0.05, 0) is 32.4 Å². The molecular formula is C19H24N4O2. The molecule has 1 aromatic heterocycles.